The van der Waals surface area contributed by atoms with Gasteiger partial charge in [-0.05, 0) is 30.7 Å². The molecule has 1 aliphatic rings. The molecule has 0 bridgehead atoms. The van der Waals surface area contributed by atoms with Crippen LogP contribution in [0, 0.1) is 6.92 Å². The summed E-state index contributed by atoms with van der Waals surface area (Å²) in [4.78, 5) is 2.36. The minimum absolute atomic E-state index is 0.309. The van der Waals surface area contributed by atoms with Crippen LogP contribution in [-0.2, 0) is 19.6 Å². The van der Waals surface area contributed by atoms with E-state index in [1.807, 2.05) is 35.9 Å². The van der Waals surface area contributed by atoms with E-state index in [0.717, 1.165) is 49.0 Å². The first kappa shape index (κ1) is 17.0. The minimum atomic E-state index is -0.913. The summed E-state index contributed by atoms with van der Waals surface area (Å²) < 4.78 is 7.74. The number of hydrogen-bond donors (Lipinski definition) is 2. The van der Waals surface area contributed by atoms with Gasteiger partial charge in [-0.25, -0.2) is 0 Å². The average Bonchev–Trinajstić information content (AvgIpc) is 3.27. The number of aliphatic hydroxyl groups excluding tert-OH is 2. The molecule has 0 amide bonds. The van der Waals surface area contributed by atoms with Crippen LogP contribution in [-0.4, -0.2) is 38.0 Å². The van der Waals surface area contributed by atoms with Crippen LogP contribution in [0.1, 0.15) is 28.8 Å². The van der Waals surface area contributed by atoms with Gasteiger partial charge in [0.05, 0.1) is 24.5 Å². The molecule has 0 radical (unpaired) electrons. The zero-order valence-electron chi connectivity index (χ0n) is 14.8. The number of hydrogen-bond acceptors (Lipinski definition) is 5. The molecule has 6 nitrogen and oxygen atoms in total. The molecule has 0 unspecified atom stereocenters. The zero-order valence-corrected chi connectivity index (χ0v) is 14.8. The van der Waals surface area contributed by atoms with Crippen LogP contribution in [0.5, 0.6) is 0 Å². The molecule has 0 spiro atoms. The van der Waals surface area contributed by atoms with Gasteiger partial charge < -0.3 is 14.6 Å². The molecule has 2 aromatic heterocycles. The zero-order chi connectivity index (χ0) is 18.1. The van der Waals surface area contributed by atoms with Crippen molar-refractivity contribution >= 4 is 0 Å². The van der Waals surface area contributed by atoms with Gasteiger partial charge in [-0.3, -0.25) is 9.58 Å². The largest absolute Gasteiger partial charge is 0.461 e. The van der Waals surface area contributed by atoms with Crippen molar-refractivity contribution in [2.75, 3.05) is 13.2 Å². The van der Waals surface area contributed by atoms with Crippen LogP contribution in [0.2, 0.25) is 0 Å². The monoisotopic (exact) mass is 353 g/mol. The van der Waals surface area contributed by atoms with Crippen molar-refractivity contribution in [2.24, 2.45) is 0 Å². The number of furan rings is 1. The number of aryl methyl sites for hydroxylation is 1. The number of nitrogens with zero attached hydrogens (tertiary/aromatic N) is 3. The summed E-state index contributed by atoms with van der Waals surface area (Å²) in [5.74, 6) is 1.81. The molecule has 3 heterocycles. The van der Waals surface area contributed by atoms with Crippen molar-refractivity contribution in [1.82, 2.24) is 14.7 Å². The number of aromatic nitrogens is 2. The van der Waals surface area contributed by atoms with Gasteiger partial charge in [0, 0.05) is 25.2 Å². The molecule has 6 heteroatoms. The lowest BCUT2D eigenvalue weighted by Gasteiger charge is -2.28. The molecule has 136 valence electrons. The highest BCUT2D eigenvalue weighted by Gasteiger charge is 2.22. The Morgan fingerprint density at radius 2 is 2.04 bits per heavy atom. The van der Waals surface area contributed by atoms with E-state index in [1.165, 1.54) is 5.56 Å². The Morgan fingerprint density at radius 3 is 2.81 bits per heavy atom. The highest BCUT2D eigenvalue weighted by molar-refractivity contribution is 5.62. The summed E-state index contributed by atoms with van der Waals surface area (Å²) in [5.41, 5.74) is 3.95. The van der Waals surface area contributed by atoms with Gasteiger partial charge in [0.15, 0.2) is 0 Å². The second-order valence-electron chi connectivity index (χ2n) is 6.76. The fourth-order valence-corrected chi connectivity index (χ4v) is 3.45. The molecule has 1 aromatic carbocycles. The molecule has 1 aliphatic heterocycles. The number of fused-ring (bicyclic) bond motifs is 1. The van der Waals surface area contributed by atoms with Gasteiger partial charge in [-0.1, -0.05) is 24.3 Å². The van der Waals surface area contributed by atoms with Crippen LogP contribution in [0.3, 0.4) is 0 Å². The Kier molecular flexibility index (Phi) is 4.63. The molecular formula is C20H23N3O3. The average molecular weight is 353 g/mol. The van der Waals surface area contributed by atoms with Gasteiger partial charge in [0.25, 0.3) is 0 Å². The standard InChI is InChI=1S/C20H23N3O3/c1-14-6-7-20(26-14)17-5-3-2-4-15(17)11-22-8-9-23-16(12-22)10-18(21-23)19(25)13-24/h2-7,10,19,24-25H,8-9,11-13H2,1H3/t19-/m0/s1. The molecule has 4 rings (SSSR count). The molecule has 2 N–H and O–H groups in total. The third-order valence-corrected chi connectivity index (χ3v) is 4.83. The first-order valence-electron chi connectivity index (χ1n) is 8.86. The maximum Gasteiger partial charge on any atom is 0.134 e. The van der Waals surface area contributed by atoms with Gasteiger partial charge in [0.1, 0.15) is 17.6 Å². The highest BCUT2D eigenvalue weighted by atomic mass is 16.3. The van der Waals surface area contributed by atoms with Crippen LogP contribution in [0.4, 0.5) is 0 Å². The quantitative estimate of drug-likeness (QED) is 0.737. The van der Waals surface area contributed by atoms with E-state index in [4.69, 9.17) is 9.52 Å². The van der Waals surface area contributed by atoms with Crippen molar-refractivity contribution in [1.29, 1.82) is 0 Å². The van der Waals surface area contributed by atoms with E-state index in [1.54, 1.807) is 0 Å². The van der Waals surface area contributed by atoms with E-state index in [9.17, 15) is 5.11 Å². The molecule has 1 atom stereocenters. The Bertz CT molecular complexity index is 899. The predicted molar refractivity (Wildman–Crippen MR) is 97.3 cm³/mol. The van der Waals surface area contributed by atoms with Crippen LogP contribution in [0.15, 0.2) is 46.9 Å². The van der Waals surface area contributed by atoms with Crippen LogP contribution < -0.4 is 0 Å². The Labute approximate surface area is 152 Å². The number of aliphatic hydroxyl groups is 2. The molecule has 0 fully saturated rings. The lowest BCUT2D eigenvalue weighted by molar-refractivity contribution is 0.0915. The summed E-state index contributed by atoms with van der Waals surface area (Å²) in [6, 6.07) is 14.2. The normalized spacial score (nSPS) is 15.8. The van der Waals surface area contributed by atoms with Gasteiger partial charge >= 0.3 is 0 Å². The highest BCUT2D eigenvalue weighted by Crippen LogP contribution is 2.28. The molecule has 0 saturated heterocycles. The maximum absolute atomic E-state index is 9.79. The summed E-state index contributed by atoms with van der Waals surface area (Å²) in [7, 11) is 0. The summed E-state index contributed by atoms with van der Waals surface area (Å²) in [6.45, 7) is 4.88. The summed E-state index contributed by atoms with van der Waals surface area (Å²) in [5, 5.41) is 23.3. The van der Waals surface area contributed by atoms with E-state index in [2.05, 4.69) is 28.2 Å². The van der Waals surface area contributed by atoms with Crippen molar-refractivity contribution in [3.63, 3.8) is 0 Å². The van der Waals surface area contributed by atoms with Crippen molar-refractivity contribution in [3.05, 3.63) is 65.2 Å². The molecule has 3 aromatic rings. The van der Waals surface area contributed by atoms with Gasteiger partial charge in [-0.15, -0.1) is 0 Å². The van der Waals surface area contributed by atoms with E-state index < -0.39 is 6.10 Å². The Morgan fingerprint density at radius 1 is 1.19 bits per heavy atom. The Balaban J connectivity index is 1.53. The van der Waals surface area contributed by atoms with Crippen molar-refractivity contribution in [3.8, 4) is 11.3 Å². The topological polar surface area (TPSA) is 74.7 Å². The third kappa shape index (κ3) is 3.31. The number of benzene rings is 1. The molecule has 26 heavy (non-hydrogen) atoms. The van der Waals surface area contributed by atoms with E-state index in [-0.39, 0.29) is 6.61 Å². The number of rotatable bonds is 5. The molecule has 0 saturated carbocycles. The molecular weight excluding hydrogens is 330 g/mol. The minimum Gasteiger partial charge on any atom is -0.461 e. The van der Waals surface area contributed by atoms with E-state index in [0.29, 0.717) is 5.69 Å². The van der Waals surface area contributed by atoms with Crippen LogP contribution in [0.25, 0.3) is 11.3 Å². The summed E-state index contributed by atoms with van der Waals surface area (Å²) in [6.07, 6.45) is -0.913. The Hall–Kier alpha value is -2.41. The SMILES string of the molecule is Cc1ccc(-c2ccccc2CN2CCn3nc([C@@H](O)CO)cc3C2)o1. The van der Waals surface area contributed by atoms with Gasteiger partial charge in [0.2, 0.25) is 0 Å². The third-order valence-electron chi connectivity index (χ3n) is 4.83. The smallest absolute Gasteiger partial charge is 0.134 e. The predicted octanol–water partition coefficient (Wildman–Crippen LogP) is 2.49. The second-order valence-corrected chi connectivity index (χ2v) is 6.76. The fourth-order valence-electron chi connectivity index (χ4n) is 3.45. The van der Waals surface area contributed by atoms with Crippen molar-refractivity contribution < 1.29 is 14.6 Å². The first-order chi connectivity index (χ1) is 12.6. The maximum atomic E-state index is 9.79. The van der Waals surface area contributed by atoms with Crippen molar-refractivity contribution in [2.45, 2.75) is 32.7 Å². The lowest BCUT2D eigenvalue weighted by atomic mass is 10.0. The summed E-state index contributed by atoms with van der Waals surface area (Å²) >= 11 is 0. The first-order valence-corrected chi connectivity index (χ1v) is 8.86. The van der Waals surface area contributed by atoms with E-state index >= 15 is 0 Å². The fraction of sp³-hybridized carbons (Fsp3) is 0.350. The lowest BCUT2D eigenvalue weighted by Crippen LogP contribution is -2.33. The van der Waals surface area contributed by atoms with Crippen LogP contribution >= 0.6 is 0 Å². The second kappa shape index (κ2) is 7.07. The molecule has 0 aliphatic carbocycles. The van der Waals surface area contributed by atoms with Gasteiger partial charge in [-0.2, -0.15) is 5.10 Å².